The second-order valence-electron chi connectivity index (χ2n) is 5.48. The Balaban J connectivity index is 2.39. The Bertz CT molecular complexity index is 661. The van der Waals surface area contributed by atoms with Gasteiger partial charge in [0.2, 0.25) is 0 Å². The van der Waals surface area contributed by atoms with E-state index >= 15 is 0 Å². The summed E-state index contributed by atoms with van der Waals surface area (Å²) in [5.74, 6) is -1.76. The molecule has 0 atom stereocenters. The summed E-state index contributed by atoms with van der Waals surface area (Å²) >= 11 is 0. The van der Waals surface area contributed by atoms with Gasteiger partial charge in [0.1, 0.15) is 11.3 Å². The summed E-state index contributed by atoms with van der Waals surface area (Å²) in [7, 11) is 0. The van der Waals surface area contributed by atoms with Gasteiger partial charge < -0.3 is 10.1 Å². The number of nitrogens with zero attached hydrogens (tertiary/aromatic N) is 2. The molecule has 1 aromatic heterocycles. The van der Waals surface area contributed by atoms with Crippen LogP contribution in [-0.2, 0) is 6.54 Å². The largest absolute Gasteiger partial charge is 0.465 e. The third-order valence-corrected chi connectivity index (χ3v) is 2.94. The average molecular weight is 283 g/mol. The van der Waals surface area contributed by atoms with E-state index in [1.54, 1.807) is 20.8 Å². The molecule has 0 bridgehead atoms. The molecule has 0 unspecified atom stereocenters. The minimum atomic E-state index is -1.11. The standard InChI is InChI=1S/C13H15F2N3O2/c1-13(2,3)18(12(19)20)6-9-16-8-5-4-7(14)10(15)11(8)17-9/h4-5H,6H2,1-3H3,(H,16,17)(H,19,20). The van der Waals surface area contributed by atoms with Crippen molar-refractivity contribution >= 4 is 17.1 Å². The van der Waals surface area contributed by atoms with Crippen LogP contribution in [-0.4, -0.2) is 31.6 Å². The molecule has 0 radical (unpaired) electrons. The van der Waals surface area contributed by atoms with Crippen LogP contribution >= 0.6 is 0 Å². The van der Waals surface area contributed by atoms with Gasteiger partial charge in [-0.25, -0.2) is 18.6 Å². The van der Waals surface area contributed by atoms with Crippen molar-refractivity contribution in [2.45, 2.75) is 32.9 Å². The third-order valence-electron chi connectivity index (χ3n) is 2.94. The second kappa shape index (κ2) is 4.73. The first kappa shape index (κ1) is 14.2. The molecule has 1 amide bonds. The van der Waals surface area contributed by atoms with E-state index in [1.807, 2.05) is 0 Å². The maximum Gasteiger partial charge on any atom is 0.408 e. The first-order valence-corrected chi connectivity index (χ1v) is 6.03. The molecule has 5 nitrogen and oxygen atoms in total. The maximum absolute atomic E-state index is 13.6. The van der Waals surface area contributed by atoms with E-state index in [1.165, 1.54) is 11.0 Å². The smallest absolute Gasteiger partial charge is 0.408 e. The summed E-state index contributed by atoms with van der Waals surface area (Å²) in [6.07, 6.45) is -1.11. The van der Waals surface area contributed by atoms with Crippen molar-refractivity contribution in [3.05, 3.63) is 29.6 Å². The number of amides is 1. The number of H-pyrrole nitrogens is 1. The van der Waals surface area contributed by atoms with Gasteiger partial charge >= 0.3 is 6.09 Å². The van der Waals surface area contributed by atoms with Gasteiger partial charge in [-0.05, 0) is 32.9 Å². The fourth-order valence-corrected chi connectivity index (χ4v) is 1.88. The van der Waals surface area contributed by atoms with Crippen LogP contribution in [0.5, 0.6) is 0 Å². The quantitative estimate of drug-likeness (QED) is 0.889. The molecule has 0 aliphatic carbocycles. The number of hydrogen-bond acceptors (Lipinski definition) is 2. The number of rotatable bonds is 2. The molecule has 1 heterocycles. The Morgan fingerprint density at radius 2 is 2.05 bits per heavy atom. The van der Waals surface area contributed by atoms with E-state index in [2.05, 4.69) is 9.97 Å². The molecule has 0 saturated heterocycles. The zero-order valence-corrected chi connectivity index (χ0v) is 11.4. The number of hydrogen-bond donors (Lipinski definition) is 2. The SMILES string of the molecule is CC(C)(C)N(Cc1nc2c(F)c(F)ccc2[nH]1)C(=O)O. The van der Waals surface area contributed by atoms with E-state index < -0.39 is 23.3 Å². The lowest BCUT2D eigenvalue weighted by Gasteiger charge is -2.32. The van der Waals surface area contributed by atoms with Crippen molar-refractivity contribution in [1.82, 2.24) is 14.9 Å². The highest BCUT2D eigenvalue weighted by Gasteiger charge is 2.27. The van der Waals surface area contributed by atoms with Crippen LogP contribution < -0.4 is 0 Å². The van der Waals surface area contributed by atoms with Gasteiger partial charge in [-0.1, -0.05) is 0 Å². The van der Waals surface area contributed by atoms with E-state index in [0.717, 1.165) is 6.07 Å². The van der Waals surface area contributed by atoms with Crippen molar-refractivity contribution in [2.24, 2.45) is 0 Å². The van der Waals surface area contributed by atoms with Crippen molar-refractivity contribution in [3.63, 3.8) is 0 Å². The van der Waals surface area contributed by atoms with Gasteiger partial charge in [-0.2, -0.15) is 0 Å². The summed E-state index contributed by atoms with van der Waals surface area (Å²) in [5.41, 5.74) is -0.424. The average Bonchev–Trinajstić information content (AvgIpc) is 2.73. The summed E-state index contributed by atoms with van der Waals surface area (Å²) in [5, 5.41) is 9.19. The van der Waals surface area contributed by atoms with Crippen molar-refractivity contribution in [3.8, 4) is 0 Å². The molecule has 108 valence electrons. The predicted molar refractivity (Wildman–Crippen MR) is 69.3 cm³/mol. The Labute approximate surface area is 114 Å². The first-order valence-electron chi connectivity index (χ1n) is 6.03. The van der Waals surface area contributed by atoms with Crippen molar-refractivity contribution in [2.75, 3.05) is 0 Å². The van der Waals surface area contributed by atoms with Gasteiger partial charge in [0.05, 0.1) is 12.1 Å². The minimum Gasteiger partial charge on any atom is -0.465 e. The van der Waals surface area contributed by atoms with Crippen LogP contribution in [0.25, 0.3) is 11.0 Å². The molecule has 0 spiro atoms. The summed E-state index contributed by atoms with van der Waals surface area (Å²) in [6, 6.07) is 2.37. The zero-order valence-electron chi connectivity index (χ0n) is 11.4. The molecule has 2 N–H and O–H groups in total. The van der Waals surface area contributed by atoms with Gasteiger partial charge in [0.25, 0.3) is 0 Å². The summed E-state index contributed by atoms with van der Waals surface area (Å²) < 4.78 is 26.7. The van der Waals surface area contributed by atoms with Gasteiger partial charge in [0, 0.05) is 5.54 Å². The summed E-state index contributed by atoms with van der Waals surface area (Å²) in [6.45, 7) is 5.19. The van der Waals surface area contributed by atoms with Gasteiger partial charge in [-0.15, -0.1) is 0 Å². The number of imidazole rings is 1. The Morgan fingerprint density at radius 3 is 2.60 bits per heavy atom. The maximum atomic E-state index is 13.6. The molecule has 0 fully saturated rings. The lowest BCUT2D eigenvalue weighted by molar-refractivity contribution is 0.0940. The number of carboxylic acid groups (broad SMARTS) is 1. The number of halogens is 2. The Morgan fingerprint density at radius 1 is 1.40 bits per heavy atom. The highest BCUT2D eigenvalue weighted by Crippen LogP contribution is 2.21. The molecule has 20 heavy (non-hydrogen) atoms. The zero-order chi connectivity index (χ0) is 15.1. The van der Waals surface area contributed by atoms with E-state index in [-0.39, 0.29) is 17.9 Å². The third kappa shape index (κ3) is 2.56. The molecule has 0 aliphatic rings. The van der Waals surface area contributed by atoms with Crippen molar-refractivity contribution in [1.29, 1.82) is 0 Å². The topological polar surface area (TPSA) is 69.2 Å². The number of benzene rings is 1. The Hall–Kier alpha value is -2.18. The molecule has 0 aliphatic heterocycles. The van der Waals surface area contributed by atoms with Gasteiger partial charge in [-0.3, -0.25) is 4.90 Å². The molecular formula is C13H15F2N3O2. The Kier molecular flexibility index (Phi) is 3.37. The van der Waals surface area contributed by atoms with Crippen LogP contribution in [0.2, 0.25) is 0 Å². The van der Waals surface area contributed by atoms with Crippen molar-refractivity contribution < 1.29 is 18.7 Å². The van der Waals surface area contributed by atoms with Crippen LogP contribution in [0.1, 0.15) is 26.6 Å². The minimum absolute atomic E-state index is 0.0332. The van der Waals surface area contributed by atoms with Crippen LogP contribution in [0, 0.1) is 11.6 Å². The normalized spacial score (nSPS) is 11.8. The summed E-state index contributed by atoms with van der Waals surface area (Å²) in [4.78, 5) is 19.1. The van der Waals surface area contributed by atoms with Crippen LogP contribution in [0.15, 0.2) is 12.1 Å². The second-order valence-corrected chi connectivity index (χ2v) is 5.48. The lowest BCUT2D eigenvalue weighted by atomic mass is 10.1. The fraction of sp³-hybridized carbons (Fsp3) is 0.385. The number of nitrogens with one attached hydrogen (secondary N) is 1. The monoisotopic (exact) mass is 283 g/mol. The highest BCUT2D eigenvalue weighted by atomic mass is 19.2. The molecule has 0 saturated carbocycles. The van der Waals surface area contributed by atoms with Crippen LogP contribution in [0.4, 0.5) is 13.6 Å². The van der Waals surface area contributed by atoms with E-state index in [4.69, 9.17) is 0 Å². The first-order chi connectivity index (χ1) is 9.20. The molecular weight excluding hydrogens is 268 g/mol. The van der Waals surface area contributed by atoms with Gasteiger partial charge in [0.15, 0.2) is 11.6 Å². The van der Waals surface area contributed by atoms with E-state index in [0.29, 0.717) is 5.52 Å². The van der Waals surface area contributed by atoms with Crippen LogP contribution in [0.3, 0.4) is 0 Å². The number of aromatic nitrogens is 2. The molecule has 2 rings (SSSR count). The molecule has 2 aromatic rings. The molecule has 1 aromatic carbocycles. The number of aromatic amines is 1. The number of carbonyl (C=O) groups is 1. The van der Waals surface area contributed by atoms with E-state index in [9.17, 15) is 18.7 Å². The lowest BCUT2D eigenvalue weighted by Crippen LogP contribution is -2.44. The number of fused-ring (bicyclic) bond motifs is 1. The molecule has 7 heteroatoms. The predicted octanol–water partition coefficient (Wildman–Crippen LogP) is 3.12. The fourth-order valence-electron chi connectivity index (χ4n) is 1.88. The highest BCUT2D eigenvalue weighted by molar-refractivity contribution is 5.76.